The van der Waals surface area contributed by atoms with E-state index in [9.17, 15) is 8.42 Å². The van der Waals surface area contributed by atoms with Crippen LogP contribution in [0.3, 0.4) is 0 Å². The molecule has 9 heteroatoms. The summed E-state index contributed by atoms with van der Waals surface area (Å²) in [5, 5.41) is 9.20. The third-order valence-corrected chi connectivity index (χ3v) is 5.09. The molecule has 0 atom stereocenters. The first-order chi connectivity index (χ1) is 9.06. The van der Waals surface area contributed by atoms with Gasteiger partial charge in [-0.25, -0.2) is 13.1 Å². The minimum atomic E-state index is -3.53. The number of nitrogens with zero attached hydrogens (tertiary/aromatic N) is 3. The molecule has 2 heterocycles. The zero-order valence-electron chi connectivity index (χ0n) is 10.4. The molecule has 0 saturated carbocycles. The summed E-state index contributed by atoms with van der Waals surface area (Å²) >= 11 is 1.33. The Labute approximate surface area is 115 Å². The fourth-order valence-corrected chi connectivity index (χ4v) is 3.67. The van der Waals surface area contributed by atoms with Crippen LogP contribution >= 0.6 is 11.3 Å². The van der Waals surface area contributed by atoms with Crippen LogP contribution in [0.1, 0.15) is 17.6 Å². The topological polar surface area (TPSA) is 103 Å². The maximum absolute atomic E-state index is 12.1. The summed E-state index contributed by atoms with van der Waals surface area (Å²) in [5.41, 5.74) is 5.47. The molecule has 2 rings (SSSR count). The van der Waals surface area contributed by atoms with Gasteiger partial charge in [0.2, 0.25) is 10.0 Å². The van der Waals surface area contributed by atoms with Gasteiger partial charge in [0, 0.05) is 23.3 Å². The number of thiophene rings is 1. The van der Waals surface area contributed by atoms with Crippen molar-refractivity contribution in [2.75, 3.05) is 0 Å². The van der Waals surface area contributed by atoms with Crippen LogP contribution in [-0.2, 0) is 29.7 Å². The zero-order chi connectivity index (χ0) is 13.9. The summed E-state index contributed by atoms with van der Waals surface area (Å²) in [7, 11) is -3.53. The standard InChI is InChI=1S/C10H15N5O2S2/c1-2-15-7-12-14-10(15)5-13-19(16,17)9-3-8(4-11)18-6-9/h3,6-7,13H,2,4-5,11H2,1H3. The molecule has 0 saturated heterocycles. The summed E-state index contributed by atoms with van der Waals surface area (Å²) in [6.45, 7) is 3.09. The molecule has 0 aliphatic heterocycles. The Kier molecular flexibility index (Phi) is 4.30. The molecule has 7 nitrogen and oxygen atoms in total. The minimum Gasteiger partial charge on any atom is -0.326 e. The highest BCUT2D eigenvalue weighted by Crippen LogP contribution is 2.18. The van der Waals surface area contributed by atoms with E-state index in [1.807, 2.05) is 6.92 Å². The van der Waals surface area contributed by atoms with E-state index in [0.29, 0.717) is 18.9 Å². The first-order valence-corrected chi connectivity index (χ1v) is 8.07. The van der Waals surface area contributed by atoms with E-state index in [0.717, 1.165) is 4.88 Å². The van der Waals surface area contributed by atoms with Gasteiger partial charge >= 0.3 is 0 Å². The Morgan fingerprint density at radius 2 is 2.32 bits per heavy atom. The lowest BCUT2D eigenvalue weighted by Gasteiger charge is -2.05. The average Bonchev–Trinajstić information content (AvgIpc) is 3.05. The second-order valence-electron chi connectivity index (χ2n) is 3.81. The molecule has 2 aromatic heterocycles. The number of nitrogens with two attached hydrogens (primary N) is 1. The summed E-state index contributed by atoms with van der Waals surface area (Å²) in [6, 6.07) is 1.58. The van der Waals surface area contributed by atoms with E-state index >= 15 is 0 Å². The van der Waals surface area contributed by atoms with Gasteiger partial charge in [0.1, 0.15) is 12.2 Å². The van der Waals surface area contributed by atoms with Gasteiger partial charge in [-0.2, -0.15) is 0 Å². The molecule has 0 amide bonds. The van der Waals surface area contributed by atoms with Gasteiger partial charge in [0.25, 0.3) is 0 Å². The molecule has 2 aromatic rings. The Bertz CT molecular complexity index is 646. The highest BCUT2D eigenvalue weighted by atomic mass is 32.2. The Morgan fingerprint density at radius 3 is 2.95 bits per heavy atom. The lowest BCUT2D eigenvalue weighted by Crippen LogP contribution is -2.24. The zero-order valence-corrected chi connectivity index (χ0v) is 12.0. The minimum absolute atomic E-state index is 0.115. The van der Waals surface area contributed by atoms with E-state index < -0.39 is 10.0 Å². The summed E-state index contributed by atoms with van der Waals surface area (Å²) in [5.74, 6) is 0.584. The number of aryl methyl sites for hydroxylation is 1. The number of nitrogens with one attached hydrogen (secondary N) is 1. The molecule has 0 radical (unpaired) electrons. The molecule has 0 aromatic carbocycles. The molecule has 0 bridgehead atoms. The third kappa shape index (κ3) is 3.18. The predicted molar refractivity (Wildman–Crippen MR) is 71.9 cm³/mol. The van der Waals surface area contributed by atoms with Crippen LogP contribution in [0.2, 0.25) is 0 Å². The molecule has 0 aliphatic rings. The first kappa shape index (κ1) is 14.1. The van der Waals surface area contributed by atoms with Crippen molar-refractivity contribution in [3.63, 3.8) is 0 Å². The lowest BCUT2D eigenvalue weighted by atomic mass is 10.5. The smallest absolute Gasteiger partial charge is 0.241 e. The molecule has 0 fully saturated rings. The monoisotopic (exact) mass is 301 g/mol. The van der Waals surface area contributed by atoms with Crippen molar-refractivity contribution in [1.82, 2.24) is 19.5 Å². The van der Waals surface area contributed by atoms with Crippen LogP contribution in [0.4, 0.5) is 0 Å². The van der Waals surface area contributed by atoms with Crippen LogP contribution in [0.5, 0.6) is 0 Å². The van der Waals surface area contributed by atoms with Gasteiger partial charge in [-0.1, -0.05) is 0 Å². The number of aromatic nitrogens is 3. The second-order valence-corrected chi connectivity index (χ2v) is 6.57. The van der Waals surface area contributed by atoms with Gasteiger partial charge < -0.3 is 10.3 Å². The SMILES string of the molecule is CCn1cnnc1CNS(=O)(=O)c1csc(CN)c1. The van der Waals surface area contributed by atoms with Crippen LogP contribution in [-0.4, -0.2) is 23.2 Å². The molecule has 3 N–H and O–H groups in total. The van der Waals surface area contributed by atoms with Crippen molar-refractivity contribution >= 4 is 21.4 Å². The molecular formula is C10H15N5O2S2. The summed E-state index contributed by atoms with van der Waals surface area (Å²) < 4.78 is 28.4. The molecule has 19 heavy (non-hydrogen) atoms. The van der Waals surface area contributed by atoms with E-state index in [4.69, 9.17) is 5.73 Å². The van der Waals surface area contributed by atoms with Crippen molar-refractivity contribution < 1.29 is 8.42 Å². The fraction of sp³-hybridized carbons (Fsp3) is 0.400. The summed E-state index contributed by atoms with van der Waals surface area (Å²) in [6.07, 6.45) is 1.57. The van der Waals surface area contributed by atoms with Crippen molar-refractivity contribution in [2.24, 2.45) is 5.73 Å². The second kappa shape index (κ2) is 5.78. The average molecular weight is 301 g/mol. The van der Waals surface area contributed by atoms with Gasteiger partial charge in [-0.15, -0.1) is 21.5 Å². The molecule has 0 unspecified atom stereocenters. The normalized spacial score (nSPS) is 11.9. The number of rotatable bonds is 6. The molecule has 0 spiro atoms. The van der Waals surface area contributed by atoms with Crippen LogP contribution in [0.25, 0.3) is 0 Å². The molecular weight excluding hydrogens is 286 g/mol. The van der Waals surface area contributed by atoms with E-state index in [1.54, 1.807) is 22.3 Å². The molecule has 0 aliphatic carbocycles. The highest BCUT2D eigenvalue weighted by molar-refractivity contribution is 7.89. The van der Waals surface area contributed by atoms with Gasteiger partial charge in [0.05, 0.1) is 11.4 Å². The van der Waals surface area contributed by atoms with Gasteiger partial charge in [-0.05, 0) is 13.0 Å². The van der Waals surface area contributed by atoms with Crippen molar-refractivity contribution in [2.45, 2.75) is 31.5 Å². The Morgan fingerprint density at radius 1 is 1.53 bits per heavy atom. The largest absolute Gasteiger partial charge is 0.326 e. The number of sulfonamides is 1. The number of hydrogen-bond donors (Lipinski definition) is 2. The maximum Gasteiger partial charge on any atom is 0.241 e. The van der Waals surface area contributed by atoms with Crippen LogP contribution in [0.15, 0.2) is 22.7 Å². The molecule has 104 valence electrons. The maximum atomic E-state index is 12.1. The quantitative estimate of drug-likeness (QED) is 0.798. The van der Waals surface area contributed by atoms with E-state index in [1.165, 1.54) is 11.3 Å². The van der Waals surface area contributed by atoms with Crippen molar-refractivity contribution in [1.29, 1.82) is 0 Å². The first-order valence-electron chi connectivity index (χ1n) is 5.70. The number of hydrogen-bond acceptors (Lipinski definition) is 6. The van der Waals surface area contributed by atoms with Crippen LogP contribution < -0.4 is 10.5 Å². The lowest BCUT2D eigenvalue weighted by molar-refractivity contribution is 0.575. The van der Waals surface area contributed by atoms with E-state index in [-0.39, 0.29) is 11.4 Å². The third-order valence-electron chi connectivity index (χ3n) is 2.60. The van der Waals surface area contributed by atoms with Crippen LogP contribution in [0, 0.1) is 0 Å². The highest BCUT2D eigenvalue weighted by Gasteiger charge is 2.16. The van der Waals surface area contributed by atoms with Crippen molar-refractivity contribution in [3.8, 4) is 0 Å². The van der Waals surface area contributed by atoms with Crippen molar-refractivity contribution in [3.05, 3.63) is 28.5 Å². The van der Waals surface area contributed by atoms with Gasteiger partial charge in [0.15, 0.2) is 0 Å². The summed E-state index contributed by atoms with van der Waals surface area (Å²) in [4.78, 5) is 1.07. The van der Waals surface area contributed by atoms with E-state index in [2.05, 4.69) is 14.9 Å². The Balaban J connectivity index is 2.09. The predicted octanol–water partition coefficient (Wildman–Crippen LogP) is 0.297. The Hall–Kier alpha value is -1.29. The fourth-order valence-electron chi connectivity index (χ4n) is 1.53. The van der Waals surface area contributed by atoms with Gasteiger partial charge in [-0.3, -0.25) is 0 Å².